The Hall–Kier alpha value is -2.50. The molecular formula is C19H24N2O4. The van der Waals surface area contributed by atoms with Gasteiger partial charge in [-0.2, -0.15) is 0 Å². The van der Waals surface area contributed by atoms with Crippen molar-refractivity contribution in [2.24, 2.45) is 11.3 Å². The van der Waals surface area contributed by atoms with Crippen LogP contribution in [0.25, 0.3) is 0 Å². The number of nitrogens with zero attached hydrogens (tertiary/aromatic N) is 1. The third kappa shape index (κ3) is 3.34. The van der Waals surface area contributed by atoms with E-state index in [-0.39, 0.29) is 35.7 Å². The van der Waals surface area contributed by atoms with Crippen LogP contribution in [0.3, 0.4) is 0 Å². The zero-order valence-electron chi connectivity index (χ0n) is 15.1. The van der Waals surface area contributed by atoms with Crippen LogP contribution >= 0.6 is 0 Å². The van der Waals surface area contributed by atoms with E-state index in [0.717, 1.165) is 4.90 Å². The van der Waals surface area contributed by atoms with Crippen LogP contribution in [0, 0.1) is 11.3 Å². The quantitative estimate of drug-likeness (QED) is 0.610. The second-order valence-electron chi connectivity index (χ2n) is 7.04. The molecule has 0 aromatic carbocycles. The highest BCUT2D eigenvalue weighted by Crippen LogP contribution is 2.32. The first-order valence-corrected chi connectivity index (χ1v) is 8.37. The lowest BCUT2D eigenvalue weighted by atomic mass is 9.78. The number of rotatable bonds is 5. The second-order valence-corrected chi connectivity index (χ2v) is 7.04. The molecule has 0 radical (unpaired) electrons. The fraction of sp³-hybridized carbons (Fsp3) is 0.474. The maximum absolute atomic E-state index is 12.7. The first-order chi connectivity index (χ1) is 11.6. The molecular weight excluding hydrogens is 320 g/mol. The Labute approximate surface area is 147 Å². The van der Waals surface area contributed by atoms with Crippen molar-refractivity contribution >= 4 is 23.6 Å². The smallest absolute Gasteiger partial charge is 0.261 e. The zero-order valence-corrected chi connectivity index (χ0v) is 15.1. The van der Waals surface area contributed by atoms with Gasteiger partial charge in [0.15, 0.2) is 0 Å². The molecule has 2 aliphatic rings. The van der Waals surface area contributed by atoms with Crippen LogP contribution in [0.15, 0.2) is 36.0 Å². The molecule has 0 aliphatic carbocycles. The lowest BCUT2D eigenvalue weighted by Crippen LogP contribution is -2.54. The van der Waals surface area contributed by atoms with Crippen molar-refractivity contribution in [2.75, 3.05) is 0 Å². The molecule has 1 fully saturated rings. The van der Waals surface area contributed by atoms with Crippen molar-refractivity contribution in [3.63, 3.8) is 0 Å². The molecule has 0 saturated carbocycles. The lowest BCUT2D eigenvalue weighted by Gasteiger charge is -2.28. The summed E-state index contributed by atoms with van der Waals surface area (Å²) in [6.07, 6.45) is 5.58. The molecule has 2 unspecified atom stereocenters. The summed E-state index contributed by atoms with van der Waals surface area (Å²) >= 11 is 0. The molecule has 0 aromatic rings. The largest absolute Gasteiger partial charge is 0.295 e. The van der Waals surface area contributed by atoms with Gasteiger partial charge in [0.2, 0.25) is 11.8 Å². The van der Waals surface area contributed by atoms with E-state index in [9.17, 15) is 19.2 Å². The van der Waals surface area contributed by atoms with E-state index < -0.39 is 23.8 Å². The number of carbonyl (C=O) groups is 4. The van der Waals surface area contributed by atoms with Gasteiger partial charge in [0, 0.05) is 23.0 Å². The fourth-order valence-corrected chi connectivity index (χ4v) is 2.85. The molecule has 25 heavy (non-hydrogen) atoms. The van der Waals surface area contributed by atoms with Gasteiger partial charge in [-0.15, -0.1) is 6.58 Å². The number of piperidine rings is 1. The van der Waals surface area contributed by atoms with Crippen LogP contribution < -0.4 is 5.32 Å². The standard InChI is InChI=1S/C19H24N2O4/c1-6-19(5,11(2)3)10-9-13-12(4)17(24)21(18(13)25)14-7-8-15(22)20-16(14)23/h6,9-11,14H,1,7-8H2,2-5H3,(H,20,22,23)/b10-9-. The topological polar surface area (TPSA) is 83.6 Å². The van der Waals surface area contributed by atoms with Gasteiger partial charge in [-0.3, -0.25) is 29.4 Å². The average molecular weight is 344 g/mol. The lowest BCUT2D eigenvalue weighted by molar-refractivity contribution is -0.150. The van der Waals surface area contributed by atoms with Gasteiger partial charge < -0.3 is 0 Å². The predicted octanol–water partition coefficient (Wildman–Crippen LogP) is 1.88. The normalized spacial score (nSPS) is 24.4. The van der Waals surface area contributed by atoms with Crippen molar-refractivity contribution in [2.45, 2.75) is 46.6 Å². The molecule has 1 N–H and O–H groups in total. The van der Waals surface area contributed by atoms with Crippen molar-refractivity contribution in [1.82, 2.24) is 10.2 Å². The highest BCUT2D eigenvalue weighted by atomic mass is 16.2. The molecule has 4 amide bonds. The number of hydrogen-bond donors (Lipinski definition) is 1. The Bertz CT molecular complexity index is 717. The Kier molecular flexibility index (Phi) is 5.11. The molecule has 0 spiro atoms. The Morgan fingerprint density at radius 1 is 1.24 bits per heavy atom. The van der Waals surface area contributed by atoms with Gasteiger partial charge >= 0.3 is 0 Å². The minimum Gasteiger partial charge on any atom is -0.295 e. The maximum Gasteiger partial charge on any atom is 0.261 e. The van der Waals surface area contributed by atoms with E-state index >= 15 is 0 Å². The summed E-state index contributed by atoms with van der Waals surface area (Å²) < 4.78 is 0. The maximum atomic E-state index is 12.7. The Morgan fingerprint density at radius 3 is 2.40 bits per heavy atom. The van der Waals surface area contributed by atoms with Crippen LogP contribution in [0.4, 0.5) is 0 Å². The SMILES string of the molecule is C=CC(C)(/C=C\C1=C(C)C(=O)N(C2CCC(=O)NC2=O)C1=O)C(C)C. The first-order valence-electron chi connectivity index (χ1n) is 8.37. The van der Waals surface area contributed by atoms with Gasteiger partial charge in [-0.25, -0.2) is 0 Å². The molecule has 0 aromatic heterocycles. The number of nitrogens with one attached hydrogen (secondary N) is 1. The van der Waals surface area contributed by atoms with Gasteiger partial charge in [0.1, 0.15) is 6.04 Å². The molecule has 6 heteroatoms. The van der Waals surface area contributed by atoms with Gasteiger partial charge in [-0.1, -0.05) is 39.0 Å². The predicted molar refractivity (Wildman–Crippen MR) is 93.0 cm³/mol. The average Bonchev–Trinajstić information content (AvgIpc) is 2.76. The number of hydrogen-bond acceptors (Lipinski definition) is 4. The summed E-state index contributed by atoms with van der Waals surface area (Å²) in [7, 11) is 0. The number of allylic oxidation sites excluding steroid dienone is 2. The molecule has 2 heterocycles. The molecule has 0 bridgehead atoms. The van der Waals surface area contributed by atoms with Gasteiger partial charge in [0.25, 0.3) is 11.8 Å². The van der Waals surface area contributed by atoms with E-state index in [2.05, 4.69) is 11.9 Å². The number of imide groups is 2. The fourth-order valence-electron chi connectivity index (χ4n) is 2.85. The minimum absolute atomic E-state index is 0.111. The summed E-state index contributed by atoms with van der Waals surface area (Å²) in [5, 5.41) is 2.18. The van der Waals surface area contributed by atoms with Crippen LogP contribution in [-0.4, -0.2) is 34.6 Å². The monoisotopic (exact) mass is 344 g/mol. The highest BCUT2D eigenvalue weighted by Gasteiger charge is 2.44. The van der Waals surface area contributed by atoms with Crippen LogP contribution in [-0.2, 0) is 19.2 Å². The third-order valence-electron chi connectivity index (χ3n) is 5.21. The van der Waals surface area contributed by atoms with E-state index in [4.69, 9.17) is 0 Å². The third-order valence-corrected chi connectivity index (χ3v) is 5.21. The molecule has 6 nitrogen and oxygen atoms in total. The number of carbonyl (C=O) groups excluding carboxylic acids is 4. The molecule has 1 saturated heterocycles. The summed E-state index contributed by atoms with van der Waals surface area (Å²) in [6.45, 7) is 11.5. The summed E-state index contributed by atoms with van der Waals surface area (Å²) in [4.78, 5) is 49.5. The Morgan fingerprint density at radius 2 is 1.88 bits per heavy atom. The van der Waals surface area contributed by atoms with Gasteiger partial charge in [0.05, 0.1) is 0 Å². The van der Waals surface area contributed by atoms with Crippen LogP contribution in [0.1, 0.15) is 40.5 Å². The summed E-state index contributed by atoms with van der Waals surface area (Å²) in [6, 6.07) is -0.936. The molecule has 2 aliphatic heterocycles. The minimum atomic E-state index is -0.936. The van der Waals surface area contributed by atoms with E-state index in [1.807, 2.05) is 32.9 Å². The summed E-state index contributed by atoms with van der Waals surface area (Å²) in [5.74, 6) is -1.70. The second kappa shape index (κ2) is 6.78. The van der Waals surface area contributed by atoms with Crippen molar-refractivity contribution in [3.05, 3.63) is 36.0 Å². The summed E-state index contributed by atoms with van der Waals surface area (Å²) in [5.41, 5.74) is 0.267. The van der Waals surface area contributed by atoms with Crippen molar-refractivity contribution in [3.8, 4) is 0 Å². The Balaban J connectivity index is 2.29. The zero-order chi connectivity index (χ0) is 18.9. The molecule has 134 valence electrons. The van der Waals surface area contributed by atoms with E-state index in [1.54, 1.807) is 13.0 Å². The number of amides is 4. The van der Waals surface area contributed by atoms with Crippen LogP contribution in [0.2, 0.25) is 0 Å². The van der Waals surface area contributed by atoms with Gasteiger partial charge in [-0.05, 0) is 19.3 Å². The van der Waals surface area contributed by atoms with Crippen LogP contribution in [0.5, 0.6) is 0 Å². The molecule has 2 atom stereocenters. The first kappa shape index (κ1) is 18.8. The van der Waals surface area contributed by atoms with Crippen molar-refractivity contribution < 1.29 is 19.2 Å². The van der Waals surface area contributed by atoms with E-state index in [0.29, 0.717) is 5.57 Å². The van der Waals surface area contributed by atoms with E-state index in [1.165, 1.54) is 0 Å². The highest BCUT2D eigenvalue weighted by molar-refractivity contribution is 6.22. The van der Waals surface area contributed by atoms with Crippen molar-refractivity contribution in [1.29, 1.82) is 0 Å². The molecule has 2 rings (SSSR count).